The molecule has 0 bridgehead atoms. The number of methoxy groups -OCH3 is 2. The lowest BCUT2D eigenvalue weighted by molar-refractivity contribution is -0.142. The highest BCUT2D eigenvalue weighted by atomic mass is 32.2. The summed E-state index contributed by atoms with van der Waals surface area (Å²) in [5.41, 5.74) is 1.64. The maximum absolute atomic E-state index is 13.7. The standard InChI is InChI=1S/C24H30N2O7S/c1-4-5-10-19(24(28)29)25-23(27)20-13-16-8-6-7-9-17(16)15-26(20)34(30,31)18-11-12-21(32-2)22(14-18)33-3/h6-9,11-12,14,19-20H,4-5,10,13,15H2,1-3H3,(H,25,27)(H,28,29)/t19-,20-/m0/s1. The largest absolute Gasteiger partial charge is 0.493 e. The van der Waals surface area contributed by atoms with Crippen molar-refractivity contribution >= 4 is 21.9 Å². The Kier molecular flexibility index (Phi) is 8.16. The molecule has 3 rings (SSSR count). The number of carboxylic acid groups (broad SMARTS) is 1. The first-order valence-electron chi connectivity index (χ1n) is 11.1. The Hall–Kier alpha value is -3.11. The van der Waals surface area contributed by atoms with Crippen LogP contribution in [0.5, 0.6) is 11.5 Å². The zero-order valence-electron chi connectivity index (χ0n) is 19.5. The number of rotatable bonds is 10. The molecule has 0 saturated heterocycles. The number of aliphatic carboxylic acids is 1. The number of carboxylic acids is 1. The molecule has 1 heterocycles. The molecule has 0 aliphatic carbocycles. The highest BCUT2D eigenvalue weighted by Gasteiger charge is 2.40. The molecule has 0 aromatic heterocycles. The first-order chi connectivity index (χ1) is 16.2. The summed E-state index contributed by atoms with van der Waals surface area (Å²) < 4.78 is 39.0. The number of unbranched alkanes of at least 4 members (excludes halogenated alkanes) is 1. The molecule has 2 aromatic rings. The van der Waals surface area contributed by atoms with Crippen LogP contribution in [-0.2, 0) is 32.6 Å². The fraction of sp³-hybridized carbons (Fsp3) is 0.417. The first-order valence-corrected chi connectivity index (χ1v) is 12.5. The molecular weight excluding hydrogens is 460 g/mol. The Morgan fingerprint density at radius 1 is 1.12 bits per heavy atom. The third kappa shape index (κ3) is 5.34. The van der Waals surface area contributed by atoms with E-state index in [4.69, 9.17) is 9.47 Å². The molecule has 1 amide bonds. The molecule has 9 nitrogen and oxygen atoms in total. The molecule has 2 atom stereocenters. The topological polar surface area (TPSA) is 122 Å². The van der Waals surface area contributed by atoms with E-state index in [0.29, 0.717) is 12.2 Å². The van der Waals surface area contributed by atoms with E-state index in [0.717, 1.165) is 21.9 Å². The summed E-state index contributed by atoms with van der Waals surface area (Å²) in [5.74, 6) is -1.16. The van der Waals surface area contributed by atoms with Crippen molar-refractivity contribution in [2.75, 3.05) is 14.2 Å². The zero-order chi connectivity index (χ0) is 24.9. The fourth-order valence-electron chi connectivity index (χ4n) is 4.02. The number of sulfonamides is 1. The highest BCUT2D eigenvalue weighted by Crippen LogP contribution is 2.34. The van der Waals surface area contributed by atoms with Gasteiger partial charge < -0.3 is 19.9 Å². The average Bonchev–Trinajstić information content (AvgIpc) is 2.84. The number of ether oxygens (including phenoxy) is 2. The molecule has 2 N–H and O–H groups in total. The van der Waals surface area contributed by atoms with Crippen LogP contribution in [-0.4, -0.2) is 56.0 Å². The van der Waals surface area contributed by atoms with Crippen LogP contribution in [0, 0.1) is 0 Å². The van der Waals surface area contributed by atoms with Crippen molar-refractivity contribution in [2.45, 2.75) is 56.1 Å². The lowest BCUT2D eigenvalue weighted by atomic mass is 9.95. The van der Waals surface area contributed by atoms with Crippen LogP contribution in [0.4, 0.5) is 0 Å². The Labute approximate surface area is 199 Å². The van der Waals surface area contributed by atoms with Crippen molar-refractivity contribution in [3.8, 4) is 11.5 Å². The molecule has 2 aromatic carbocycles. The quantitative estimate of drug-likeness (QED) is 0.525. The summed E-state index contributed by atoms with van der Waals surface area (Å²) in [6.07, 6.45) is 1.80. The summed E-state index contributed by atoms with van der Waals surface area (Å²) in [4.78, 5) is 24.9. The van der Waals surface area contributed by atoms with Gasteiger partial charge >= 0.3 is 5.97 Å². The van der Waals surface area contributed by atoms with Crippen LogP contribution in [0.15, 0.2) is 47.4 Å². The van der Waals surface area contributed by atoms with E-state index in [2.05, 4.69) is 5.32 Å². The van der Waals surface area contributed by atoms with Crippen LogP contribution in [0.25, 0.3) is 0 Å². The van der Waals surface area contributed by atoms with Gasteiger partial charge in [0.1, 0.15) is 12.1 Å². The SMILES string of the molecule is CCCC[C@H](NC(=O)[C@@H]1Cc2ccccc2CN1S(=O)(=O)c1ccc(OC)c(OC)c1)C(=O)O. The van der Waals surface area contributed by atoms with Gasteiger partial charge in [-0.25, -0.2) is 13.2 Å². The molecule has 34 heavy (non-hydrogen) atoms. The molecule has 1 aliphatic heterocycles. The van der Waals surface area contributed by atoms with Gasteiger partial charge in [0.15, 0.2) is 11.5 Å². The minimum atomic E-state index is -4.14. The number of hydrogen-bond acceptors (Lipinski definition) is 6. The van der Waals surface area contributed by atoms with E-state index in [1.54, 1.807) is 0 Å². The van der Waals surface area contributed by atoms with Crippen molar-refractivity contribution in [3.63, 3.8) is 0 Å². The lowest BCUT2D eigenvalue weighted by Crippen LogP contribution is -2.55. The van der Waals surface area contributed by atoms with Crippen LogP contribution in [0.2, 0.25) is 0 Å². The average molecular weight is 491 g/mol. The summed E-state index contributed by atoms with van der Waals surface area (Å²) >= 11 is 0. The minimum absolute atomic E-state index is 0.0162. The van der Waals surface area contributed by atoms with Crippen LogP contribution >= 0.6 is 0 Å². The molecule has 0 radical (unpaired) electrons. The number of carbonyl (C=O) groups excluding carboxylic acids is 1. The number of amides is 1. The maximum atomic E-state index is 13.7. The molecule has 1 aliphatic rings. The lowest BCUT2D eigenvalue weighted by Gasteiger charge is -2.35. The molecule has 0 spiro atoms. The number of carbonyl (C=O) groups is 2. The number of benzene rings is 2. The van der Waals surface area contributed by atoms with Gasteiger partial charge in [0.25, 0.3) is 0 Å². The third-order valence-electron chi connectivity index (χ3n) is 5.93. The van der Waals surface area contributed by atoms with Crippen molar-refractivity contribution in [2.24, 2.45) is 0 Å². The summed E-state index contributed by atoms with van der Waals surface area (Å²) in [6.45, 7) is 1.91. The van der Waals surface area contributed by atoms with Gasteiger partial charge in [-0.2, -0.15) is 4.31 Å². The second kappa shape index (κ2) is 10.9. The number of hydrogen-bond donors (Lipinski definition) is 2. The van der Waals surface area contributed by atoms with Crippen molar-refractivity contribution in [1.82, 2.24) is 9.62 Å². The molecular formula is C24H30N2O7S. The van der Waals surface area contributed by atoms with Crippen molar-refractivity contribution in [1.29, 1.82) is 0 Å². The maximum Gasteiger partial charge on any atom is 0.326 e. The Morgan fingerprint density at radius 2 is 1.79 bits per heavy atom. The van der Waals surface area contributed by atoms with E-state index < -0.39 is 34.0 Å². The molecule has 0 fully saturated rings. The number of nitrogens with zero attached hydrogens (tertiary/aromatic N) is 1. The highest BCUT2D eigenvalue weighted by molar-refractivity contribution is 7.89. The number of nitrogens with one attached hydrogen (secondary N) is 1. The third-order valence-corrected chi connectivity index (χ3v) is 7.78. The van der Waals surface area contributed by atoms with Gasteiger partial charge in [0.2, 0.25) is 15.9 Å². The molecule has 184 valence electrons. The van der Waals surface area contributed by atoms with E-state index in [-0.39, 0.29) is 30.0 Å². The van der Waals surface area contributed by atoms with Gasteiger partial charge in [-0.05, 0) is 36.1 Å². The van der Waals surface area contributed by atoms with E-state index in [1.807, 2.05) is 31.2 Å². The Bertz CT molecular complexity index is 1150. The zero-order valence-corrected chi connectivity index (χ0v) is 20.3. The predicted molar refractivity (Wildman–Crippen MR) is 125 cm³/mol. The fourth-order valence-corrected chi connectivity index (χ4v) is 5.60. The Balaban J connectivity index is 2.00. The van der Waals surface area contributed by atoms with Crippen LogP contribution in [0.1, 0.15) is 37.3 Å². The predicted octanol–water partition coefficient (Wildman–Crippen LogP) is 2.58. The molecule has 0 unspecified atom stereocenters. The monoisotopic (exact) mass is 490 g/mol. The van der Waals surface area contributed by atoms with Gasteiger partial charge in [0.05, 0.1) is 19.1 Å². The second-order valence-electron chi connectivity index (χ2n) is 8.10. The van der Waals surface area contributed by atoms with Crippen molar-refractivity contribution in [3.05, 3.63) is 53.6 Å². The van der Waals surface area contributed by atoms with E-state index in [9.17, 15) is 23.1 Å². The van der Waals surface area contributed by atoms with E-state index in [1.165, 1.54) is 32.4 Å². The van der Waals surface area contributed by atoms with Gasteiger partial charge in [-0.1, -0.05) is 44.0 Å². The van der Waals surface area contributed by atoms with Crippen molar-refractivity contribution < 1.29 is 32.6 Å². The van der Waals surface area contributed by atoms with Gasteiger partial charge in [-0.15, -0.1) is 0 Å². The minimum Gasteiger partial charge on any atom is -0.493 e. The Morgan fingerprint density at radius 3 is 2.41 bits per heavy atom. The van der Waals surface area contributed by atoms with Gasteiger partial charge in [0, 0.05) is 12.6 Å². The van der Waals surface area contributed by atoms with Gasteiger partial charge in [-0.3, -0.25) is 4.79 Å². The second-order valence-corrected chi connectivity index (χ2v) is 9.99. The van der Waals surface area contributed by atoms with Crippen LogP contribution < -0.4 is 14.8 Å². The van der Waals surface area contributed by atoms with E-state index >= 15 is 0 Å². The molecule has 0 saturated carbocycles. The summed E-state index contributed by atoms with van der Waals surface area (Å²) in [6, 6.07) is 9.36. The molecule has 10 heteroatoms. The summed E-state index contributed by atoms with van der Waals surface area (Å²) in [5, 5.41) is 12.1. The smallest absolute Gasteiger partial charge is 0.326 e. The number of fused-ring (bicyclic) bond motifs is 1. The first kappa shape index (κ1) is 25.5. The normalized spacial score (nSPS) is 16.9. The summed E-state index contributed by atoms with van der Waals surface area (Å²) in [7, 11) is -1.28. The van der Waals surface area contributed by atoms with Crippen LogP contribution in [0.3, 0.4) is 0 Å².